The van der Waals surface area contributed by atoms with Crippen LogP contribution in [0.15, 0.2) is 36.5 Å². The summed E-state index contributed by atoms with van der Waals surface area (Å²) in [5, 5.41) is 2.86. The monoisotopic (exact) mass is 342 g/mol. The lowest BCUT2D eigenvalue weighted by Gasteiger charge is -2.22. The first-order valence-electron chi connectivity index (χ1n) is 8.32. The molecule has 1 aromatic carbocycles. The highest BCUT2D eigenvalue weighted by Gasteiger charge is 2.16. The van der Waals surface area contributed by atoms with Crippen molar-refractivity contribution in [3.8, 4) is 11.6 Å². The van der Waals surface area contributed by atoms with E-state index in [1.165, 1.54) is 6.20 Å². The van der Waals surface area contributed by atoms with Gasteiger partial charge in [0.2, 0.25) is 5.88 Å². The minimum absolute atomic E-state index is 0.123. The molecule has 2 heterocycles. The van der Waals surface area contributed by atoms with E-state index in [0.29, 0.717) is 36.1 Å². The molecule has 132 valence electrons. The van der Waals surface area contributed by atoms with Crippen molar-refractivity contribution in [2.45, 2.75) is 25.9 Å². The Morgan fingerprint density at radius 1 is 1.24 bits per heavy atom. The number of carbonyl (C=O) groups excluding carboxylic acids is 1. The van der Waals surface area contributed by atoms with Gasteiger partial charge in [-0.15, -0.1) is 0 Å². The van der Waals surface area contributed by atoms with E-state index in [1.54, 1.807) is 19.2 Å². The predicted molar refractivity (Wildman–Crippen MR) is 94.4 cm³/mol. The summed E-state index contributed by atoms with van der Waals surface area (Å²) in [6, 6.07) is 9.05. The van der Waals surface area contributed by atoms with Gasteiger partial charge in [0.15, 0.2) is 0 Å². The van der Waals surface area contributed by atoms with Crippen molar-refractivity contribution < 1.29 is 19.0 Å². The molecule has 0 unspecified atom stereocenters. The number of hydrogen-bond donors (Lipinski definition) is 1. The van der Waals surface area contributed by atoms with Crippen molar-refractivity contribution in [3.05, 3.63) is 47.7 Å². The summed E-state index contributed by atoms with van der Waals surface area (Å²) < 4.78 is 16.4. The molecule has 0 spiro atoms. The molecule has 25 heavy (non-hydrogen) atoms. The Bertz CT molecular complexity index is 725. The molecule has 0 atom stereocenters. The Balaban J connectivity index is 1.65. The number of hydrogen-bond acceptors (Lipinski definition) is 5. The third kappa shape index (κ3) is 4.48. The van der Waals surface area contributed by atoms with Crippen LogP contribution in [0.1, 0.15) is 28.8 Å². The van der Waals surface area contributed by atoms with E-state index in [2.05, 4.69) is 10.3 Å². The number of aryl methyl sites for hydroxylation is 1. The number of ether oxygens (including phenoxy) is 3. The summed E-state index contributed by atoms with van der Waals surface area (Å²) in [4.78, 5) is 16.7. The first-order chi connectivity index (χ1) is 12.2. The smallest absolute Gasteiger partial charge is 0.257 e. The summed E-state index contributed by atoms with van der Waals surface area (Å²) in [6.45, 7) is 3.38. The summed E-state index contributed by atoms with van der Waals surface area (Å²) >= 11 is 0. The number of anilines is 1. The van der Waals surface area contributed by atoms with Crippen molar-refractivity contribution in [3.63, 3.8) is 0 Å². The third-order valence-electron chi connectivity index (χ3n) is 4.06. The van der Waals surface area contributed by atoms with Gasteiger partial charge in [-0.2, -0.15) is 0 Å². The topological polar surface area (TPSA) is 69.7 Å². The van der Waals surface area contributed by atoms with E-state index < -0.39 is 0 Å². The maximum atomic E-state index is 12.4. The average molecular weight is 342 g/mol. The molecule has 1 fully saturated rings. The minimum atomic E-state index is -0.242. The lowest BCUT2D eigenvalue weighted by molar-refractivity contribution is 0.0237. The highest BCUT2D eigenvalue weighted by molar-refractivity contribution is 6.04. The fourth-order valence-corrected chi connectivity index (χ4v) is 2.66. The van der Waals surface area contributed by atoms with Gasteiger partial charge in [-0.05, 0) is 30.7 Å². The van der Waals surface area contributed by atoms with Crippen molar-refractivity contribution in [2.75, 3.05) is 25.6 Å². The Kier molecular flexibility index (Phi) is 5.50. The second kappa shape index (κ2) is 7.98. The van der Waals surface area contributed by atoms with E-state index in [0.717, 1.165) is 18.4 Å². The molecule has 1 saturated heterocycles. The molecule has 1 aromatic heterocycles. The maximum absolute atomic E-state index is 12.4. The van der Waals surface area contributed by atoms with Gasteiger partial charge >= 0.3 is 0 Å². The number of amides is 1. The van der Waals surface area contributed by atoms with Crippen LogP contribution in [0.5, 0.6) is 11.6 Å². The maximum Gasteiger partial charge on any atom is 0.257 e. The number of carbonyl (C=O) groups is 1. The second-order valence-corrected chi connectivity index (χ2v) is 5.97. The second-order valence-electron chi connectivity index (χ2n) is 5.97. The van der Waals surface area contributed by atoms with Crippen LogP contribution in [0.3, 0.4) is 0 Å². The minimum Gasteiger partial charge on any atom is -0.495 e. The molecule has 0 aliphatic carbocycles. The molecule has 1 N–H and O–H groups in total. The van der Waals surface area contributed by atoms with Gasteiger partial charge in [0.05, 0.1) is 31.6 Å². The normalized spacial score (nSPS) is 14.8. The number of rotatable bonds is 5. The van der Waals surface area contributed by atoms with E-state index in [9.17, 15) is 4.79 Å². The molecule has 2 aromatic rings. The van der Waals surface area contributed by atoms with Gasteiger partial charge in [0.1, 0.15) is 11.9 Å². The molecule has 1 aliphatic heterocycles. The van der Waals surface area contributed by atoms with Gasteiger partial charge < -0.3 is 19.5 Å². The van der Waals surface area contributed by atoms with Gasteiger partial charge in [-0.25, -0.2) is 4.98 Å². The van der Waals surface area contributed by atoms with Gasteiger partial charge in [-0.3, -0.25) is 4.79 Å². The molecule has 6 nitrogen and oxygen atoms in total. The zero-order chi connectivity index (χ0) is 17.6. The summed E-state index contributed by atoms with van der Waals surface area (Å²) in [5.74, 6) is 0.900. The van der Waals surface area contributed by atoms with Crippen LogP contribution in [-0.2, 0) is 4.74 Å². The zero-order valence-electron chi connectivity index (χ0n) is 14.5. The van der Waals surface area contributed by atoms with E-state index in [4.69, 9.17) is 14.2 Å². The van der Waals surface area contributed by atoms with Crippen LogP contribution in [0, 0.1) is 6.92 Å². The number of nitrogens with one attached hydrogen (secondary N) is 1. The molecule has 0 radical (unpaired) electrons. The van der Waals surface area contributed by atoms with Gasteiger partial charge in [0.25, 0.3) is 5.91 Å². The van der Waals surface area contributed by atoms with Crippen LogP contribution in [0.2, 0.25) is 0 Å². The number of nitrogens with zero attached hydrogens (tertiary/aromatic N) is 1. The van der Waals surface area contributed by atoms with Crippen molar-refractivity contribution in [2.24, 2.45) is 0 Å². The largest absolute Gasteiger partial charge is 0.495 e. The first kappa shape index (κ1) is 17.2. The SMILES string of the molecule is COc1ccc(C)cc1NC(=O)c1ccc(OC2CCOCC2)nc1. The van der Waals surface area contributed by atoms with Crippen LogP contribution < -0.4 is 14.8 Å². The van der Waals surface area contributed by atoms with Crippen LogP contribution >= 0.6 is 0 Å². The Morgan fingerprint density at radius 2 is 2.04 bits per heavy atom. The number of methoxy groups -OCH3 is 1. The molecule has 1 aliphatic rings. The van der Waals surface area contributed by atoms with Crippen LogP contribution in [0.25, 0.3) is 0 Å². The first-order valence-corrected chi connectivity index (χ1v) is 8.32. The summed E-state index contributed by atoms with van der Waals surface area (Å²) in [6.07, 6.45) is 3.36. The van der Waals surface area contributed by atoms with Gasteiger partial charge in [0, 0.05) is 25.1 Å². The highest BCUT2D eigenvalue weighted by Crippen LogP contribution is 2.26. The molecule has 3 rings (SSSR count). The van der Waals surface area contributed by atoms with Crippen molar-refractivity contribution in [1.29, 1.82) is 0 Å². The summed E-state index contributed by atoms with van der Waals surface area (Å²) in [5.41, 5.74) is 2.13. The molecule has 0 bridgehead atoms. The van der Waals surface area contributed by atoms with E-state index in [1.807, 2.05) is 25.1 Å². The fourth-order valence-electron chi connectivity index (χ4n) is 2.66. The molecular weight excluding hydrogens is 320 g/mol. The lowest BCUT2D eigenvalue weighted by atomic mass is 10.1. The molecule has 0 saturated carbocycles. The van der Waals surface area contributed by atoms with Crippen molar-refractivity contribution in [1.82, 2.24) is 4.98 Å². The van der Waals surface area contributed by atoms with Crippen molar-refractivity contribution >= 4 is 11.6 Å². The Morgan fingerprint density at radius 3 is 2.72 bits per heavy atom. The molecular formula is C19H22N2O4. The van der Waals surface area contributed by atoms with Crippen LogP contribution in [-0.4, -0.2) is 37.3 Å². The average Bonchev–Trinajstić information content (AvgIpc) is 2.63. The predicted octanol–water partition coefficient (Wildman–Crippen LogP) is 3.21. The van der Waals surface area contributed by atoms with Crippen LogP contribution in [0.4, 0.5) is 5.69 Å². The van der Waals surface area contributed by atoms with E-state index >= 15 is 0 Å². The molecule has 6 heteroatoms. The third-order valence-corrected chi connectivity index (χ3v) is 4.06. The highest BCUT2D eigenvalue weighted by atomic mass is 16.5. The zero-order valence-corrected chi connectivity index (χ0v) is 14.5. The lowest BCUT2D eigenvalue weighted by Crippen LogP contribution is -2.26. The number of benzene rings is 1. The standard InChI is InChI=1S/C19H22N2O4/c1-13-3-5-17(23-2)16(11-13)21-19(22)14-4-6-18(20-12-14)25-15-7-9-24-10-8-15/h3-6,11-12,15H,7-10H2,1-2H3,(H,21,22). The Hall–Kier alpha value is -2.60. The van der Waals surface area contributed by atoms with E-state index in [-0.39, 0.29) is 12.0 Å². The number of pyridine rings is 1. The number of aromatic nitrogens is 1. The quantitative estimate of drug-likeness (QED) is 0.903. The Labute approximate surface area is 147 Å². The fraction of sp³-hybridized carbons (Fsp3) is 0.368. The van der Waals surface area contributed by atoms with Gasteiger partial charge in [-0.1, -0.05) is 6.07 Å². The summed E-state index contributed by atoms with van der Waals surface area (Å²) in [7, 11) is 1.57. The molecule has 1 amide bonds.